The van der Waals surface area contributed by atoms with E-state index in [1.54, 1.807) is 0 Å². The predicted molar refractivity (Wildman–Crippen MR) is 53.7 cm³/mol. The third-order valence-electron chi connectivity index (χ3n) is 1.21. The number of anilines is 1. The van der Waals surface area contributed by atoms with Gasteiger partial charge < -0.3 is 5.32 Å². The van der Waals surface area contributed by atoms with Gasteiger partial charge >= 0.3 is 0 Å². The average molecular weight is 267 g/mol. The summed E-state index contributed by atoms with van der Waals surface area (Å²) < 4.78 is 1.08. The summed E-state index contributed by atoms with van der Waals surface area (Å²) >= 11 is 8.00. The zero-order chi connectivity index (χ0) is 7.56. The van der Waals surface area contributed by atoms with Crippen molar-refractivity contribution in [2.24, 2.45) is 0 Å². The third kappa shape index (κ3) is 1.76. The second kappa shape index (κ2) is 3.44. The van der Waals surface area contributed by atoms with Crippen LogP contribution >= 0.6 is 34.2 Å². The fourth-order valence-corrected chi connectivity index (χ4v) is 1.28. The van der Waals surface area contributed by atoms with Crippen LogP contribution in [0.5, 0.6) is 0 Å². The molecule has 0 aliphatic rings. The number of hydrogen-bond acceptors (Lipinski definition) is 1. The van der Waals surface area contributed by atoms with Gasteiger partial charge in [-0.15, -0.1) is 0 Å². The van der Waals surface area contributed by atoms with Crippen LogP contribution in [0.1, 0.15) is 0 Å². The summed E-state index contributed by atoms with van der Waals surface area (Å²) in [5.41, 5.74) is 1.09. The second-order valence-corrected chi connectivity index (χ2v) is 3.45. The molecule has 0 atom stereocenters. The van der Waals surface area contributed by atoms with E-state index in [1.165, 1.54) is 0 Å². The van der Waals surface area contributed by atoms with E-state index in [0.717, 1.165) is 14.3 Å². The summed E-state index contributed by atoms with van der Waals surface area (Å²) in [6, 6.07) is 5.84. The first-order valence-electron chi connectivity index (χ1n) is 2.87. The molecule has 1 nitrogen and oxygen atoms in total. The Bertz CT molecular complexity index is 237. The zero-order valence-electron chi connectivity index (χ0n) is 5.49. The fraction of sp³-hybridized carbons (Fsp3) is 0.143. The number of hydrogen-bond donors (Lipinski definition) is 1. The van der Waals surface area contributed by atoms with Gasteiger partial charge in [-0.3, -0.25) is 0 Å². The minimum Gasteiger partial charge on any atom is -0.388 e. The Labute approximate surface area is 78.9 Å². The van der Waals surface area contributed by atoms with E-state index in [1.807, 2.05) is 25.2 Å². The molecule has 1 aromatic rings. The van der Waals surface area contributed by atoms with Gasteiger partial charge in [0, 0.05) is 16.3 Å². The highest BCUT2D eigenvalue weighted by Gasteiger charge is 1.95. The van der Waals surface area contributed by atoms with E-state index >= 15 is 0 Å². The number of benzene rings is 1. The van der Waals surface area contributed by atoms with Gasteiger partial charge in [-0.2, -0.15) is 0 Å². The van der Waals surface area contributed by atoms with E-state index in [4.69, 9.17) is 11.6 Å². The molecule has 0 aliphatic heterocycles. The lowest BCUT2D eigenvalue weighted by Crippen LogP contribution is -1.87. The van der Waals surface area contributed by atoms with Crippen molar-refractivity contribution in [1.82, 2.24) is 0 Å². The van der Waals surface area contributed by atoms with Crippen LogP contribution in [0, 0.1) is 3.57 Å². The van der Waals surface area contributed by atoms with Crippen LogP contribution < -0.4 is 5.32 Å². The minimum atomic E-state index is 0.805. The van der Waals surface area contributed by atoms with Crippen LogP contribution in [0.3, 0.4) is 0 Å². The average Bonchev–Trinajstić information content (AvgIpc) is 1.95. The first-order valence-corrected chi connectivity index (χ1v) is 4.32. The molecule has 0 unspecified atom stereocenters. The molecule has 1 rings (SSSR count). The molecule has 54 valence electrons. The third-order valence-corrected chi connectivity index (χ3v) is 2.75. The van der Waals surface area contributed by atoms with Crippen molar-refractivity contribution >= 4 is 39.9 Å². The Kier molecular flexibility index (Phi) is 2.80. The fourth-order valence-electron chi connectivity index (χ4n) is 0.652. The SMILES string of the molecule is CNc1ccc(Cl)c(I)c1. The molecule has 0 aromatic heterocycles. The summed E-state index contributed by atoms with van der Waals surface area (Å²) in [5.74, 6) is 0. The Morgan fingerprint density at radius 2 is 2.20 bits per heavy atom. The van der Waals surface area contributed by atoms with Crippen molar-refractivity contribution < 1.29 is 0 Å². The van der Waals surface area contributed by atoms with Crippen LogP contribution in [0.25, 0.3) is 0 Å². The molecule has 0 fully saturated rings. The normalized spacial score (nSPS) is 9.50. The molecule has 0 heterocycles. The Balaban J connectivity index is 3.04. The molecule has 0 radical (unpaired) electrons. The van der Waals surface area contributed by atoms with Crippen molar-refractivity contribution in [3.8, 4) is 0 Å². The lowest BCUT2D eigenvalue weighted by atomic mass is 10.3. The van der Waals surface area contributed by atoms with Gasteiger partial charge in [-0.1, -0.05) is 11.6 Å². The molecule has 3 heteroatoms. The van der Waals surface area contributed by atoms with Crippen LogP contribution in [0.2, 0.25) is 5.02 Å². The van der Waals surface area contributed by atoms with Crippen molar-refractivity contribution in [3.63, 3.8) is 0 Å². The van der Waals surface area contributed by atoms with Crippen LogP contribution in [0.4, 0.5) is 5.69 Å². The molecule has 0 bridgehead atoms. The van der Waals surface area contributed by atoms with E-state index < -0.39 is 0 Å². The van der Waals surface area contributed by atoms with E-state index in [0.29, 0.717) is 0 Å². The van der Waals surface area contributed by atoms with Gasteiger partial charge in [-0.25, -0.2) is 0 Å². The maximum atomic E-state index is 5.80. The van der Waals surface area contributed by atoms with Gasteiger partial charge in [0.05, 0.1) is 5.02 Å². The molecule has 0 spiro atoms. The predicted octanol–water partition coefficient (Wildman–Crippen LogP) is 2.99. The molecule has 0 saturated heterocycles. The van der Waals surface area contributed by atoms with Crippen molar-refractivity contribution in [1.29, 1.82) is 0 Å². The molecular weight excluding hydrogens is 260 g/mol. The van der Waals surface area contributed by atoms with Crippen LogP contribution in [-0.2, 0) is 0 Å². The Hall–Kier alpha value is 0.0400. The van der Waals surface area contributed by atoms with Crippen molar-refractivity contribution in [2.75, 3.05) is 12.4 Å². The summed E-state index contributed by atoms with van der Waals surface area (Å²) in [6.07, 6.45) is 0. The molecule has 10 heavy (non-hydrogen) atoms. The first-order chi connectivity index (χ1) is 4.74. The van der Waals surface area contributed by atoms with E-state index in [-0.39, 0.29) is 0 Å². The molecule has 0 aliphatic carbocycles. The number of nitrogens with one attached hydrogen (secondary N) is 1. The van der Waals surface area contributed by atoms with Gasteiger partial charge in [0.2, 0.25) is 0 Å². The topological polar surface area (TPSA) is 12.0 Å². The standard InChI is InChI=1S/C7H7ClIN/c1-10-5-2-3-6(8)7(9)4-5/h2-4,10H,1H3. The van der Waals surface area contributed by atoms with Gasteiger partial charge in [-0.05, 0) is 40.8 Å². The van der Waals surface area contributed by atoms with Gasteiger partial charge in [0.1, 0.15) is 0 Å². The van der Waals surface area contributed by atoms with E-state index in [2.05, 4.69) is 27.9 Å². The lowest BCUT2D eigenvalue weighted by Gasteiger charge is -2.00. The maximum Gasteiger partial charge on any atom is 0.0540 e. The highest BCUT2D eigenvalue weighted by atomic mass is 127. The Morgan fingerprint density at radius 1 is 1.50 bits per heavy atom. The zero-order valence-corrected chi connectivity index (χ0v) is 8.40. The summed E-state index contributed by atoms with van der Waals surface area (Å²) in [7, 11) is 1.89. The quantitative estimate of drug-likeness (QED) is 0.771. The summed E-state index contributed by atoms with van der Waals surface area (Å²) in [5, 5.41) is 3.84. The smallest absolute Gasteiger partial charge is 0.0540 e. The molecule has 1 aromatic carbocycles. The summed E-state index contributed by atoms with van der Waals surface area (Å²) in [4.78, 5) is 0. The highest BCUT2D eigenvalue weighted by molar-refractivity contribution is 14.1. The Morgan fingerprint density at radius 3 is 2.70 bits per heavy atom. The van der Waals surface area contributed by atoms with Gasteiger partial charge in [0.25, 0.3) is 0 Å². The highest BCUT2D eigenvalue weighted by Crippen LogP contribution is 2.21. The molecule has 0 amide bonds. The van der Waals surface area contributed by atoms with Crippen molar-refractivity contribution in [2.45, 2.75) is 0 Å². The van der Waals surface area contributed by atoms with Crippen LogP contribution in [0.15, 0.2) is 18.2 Å². The first kappa shape index (κ1) is 8.14. The molecule has 0 saturated carbocycles. The van der Waals surface area contributed by atoms with E-state index in [9.17, 15) is 0 Å². The summed E-state index contributed by atoms with van der Waals surface area (Å²) in [6.45, 7) is 0. The monoisotopic (exact) mass is 267 g/mol. The second-order valence-electron chi connectivity index (χ2n) is 1.88. The molecular formula is C7H7ClIN. The lowest BCUT2D eigenvalue weighted by molar-refractivity contribution is 1.50. The number of rotatable bonds is 1. The maximum absolute atomic E-state index is 5.80. The van der Waals surface area contributed by atoms with Crippen molar-refractivity contribution in [3.05, 3.63) is 26.8 Å². The number of halogens is 2. The largest absolute Gasteiger partial charge is 0.388 e. The van der Waals surface area contributed by atoms with Gasteiger partial charge in [0.15, 0.2) is 0 Å². The molecule has 1 N–H and O–H groups in total. The van der Waals surface area contributed by atoms with Crippen LogP contribution in [-0.4, -0.2) is 7.05 Å². The minimum absolute atomic E-state index is 0.805.